The van der Waals surface area contributed by atoms with E-state index >= 15 is 0 Å². The molecule has 0 aliphatic carbocycles. The van der Waals surface area contributed by atoms with Crippen molar-refractivity contribution in [2.45, 2.75) is 26.2 Å². The number of rotatable bonds is 8. The number of benzene rings is 1. The molecule has 0 aliphatic heterocycles. The molecule has 18 heavy (non-hydrogen) atoms. The summed E-state index contributed by atoms with van der Waals surface area (Å²) in [6.07, 6.45) is 3.04. The molecule has 0 spiro atoms. The summed E-state index contributed by atoms with van der Waals surface area (Å²) in [5.74, 6) is 0.753. The van der Waals surface area contributed by atoms with Gasteiger partial charge in [-0.25, -0.2) is 0 Å². The van der Waals surface area contributed by atoms with Crippen molar-refractivity contribution < 1.29 is 9.53 Å². The van der Waals surface area contributed by atoms with Crippen LogP contribution in [0, 0.1) is 0 Å². The zero-order valence-electron chi connectivity index (χ0n) is 10.9. The molecule has 0 saturated carbocycles. The zero-order valence-corrected chi connectivity index (χ0v) is 10.9. The summed E-state index contributed by atoms with van der Waals surface area (Å²) in [4.78, 5) is 11.8. The SMILES string of the molecule is CCOc1ccc(C(=O)NCCCCCN)cc1. The molecular weight excluding hydrogens is 228 g/mol. The van der Waals surface area contributed by atoms with Crippen molar-refractivity contribution in [1.82, 2.24) is 5.32 Å². The second-order valence-corrected chi connectivity index (χ2v) is 4.06. The third-order valence-corrected chi connectivity index (χ3v) is 2.59. The Morgan fingerprint density at radius 2 is 1.94 bits per heavy atom. The second kappa shape index (κ2) is 8.53. The van der Waals surface area contributed by atoms with Gasteiger partial charge in [0.2, 0.25) is 0 Å². The largest absolute Gasteiger partial charge is 0.494 e. The minimum absolute atomic E-state index is 0.0363. The molecule has 0 radical (unpaired) electrons. The molecule has 3 N–H and O–H groups in total. The first-order chi connectivity index (χ1) is 8.77. The van der Waals surface area contributed by atoms with Crippen LogP contribution in [0.25, 0.3) is 0 Å². The summed E-state index contributed by atoms with van der Waals surface area (Å²) in [6, 6.07) is 7.18. The van der Waals surface area contributed by atoms with E-state index in [0.717, 1.165) is 25.0 Å². The molecule has 0 aromatic heterocycles. The Morgan fingerprint density at radius 3 is 2.56 bits per heavy atom. The van der Waals surface area contributed by atoms with Gasteiger partial charge in [-0.3, -0.25) is 4.79 Å². The van der Waals surface area contributed by atoms with E-state index in [-0.39, 0.29) is 5.91 Å². The first kappa shape index (κ1) is 14.5. The van der Waals surface area contributed by atoms with Crippen LogP contribution in [-0.2, 0) is 0 Å². The fourth-order valence-corrected chi connectivity index (χ4v) is 1.62. The molecule has 0 fully saturated rings. The summed E-state index contributed by atoms with van der Waals surface area (Å²) in [7, 11) is 0. The van der Waals surface area contributed by atoms with Gasteiger partial charge >= 0.3 is 0 Å². The van der Waals surface area contributed by atoms with E-state index in [9.17, 15) is 4.79 Å². The van der Waals surface area contributed by atoms with Crippen molar-refractivity contribution in [3.05, 3.63) is 29.8 Å². The molecule has 0 bridgehead atoms. The van der Waals surface area contributed by atoms with E-state index in [1.54, 1.807) is 12.1 Å². The van der Waals surface area contributed by atoms with Crippen LogP contribution in [0.1, 0.15) is 36.5 Å². The number of carbonyl (C=O) groups excluding carboxylic acids is 1. The average molecular weight is 250 g/mol. The predicted molar refractivity (Wildman–Crippen MR) is 72.8 cm³/mol. The maximum absolute atomic E-state index is 11.8. The van der Waals surface area contributed by atoms with Crippen molar-refractivity contribution in [3.8, 4) is 5.75 Å². The summed E-state index contributed by atoms with van der Waals surface area (Å²) in [5, 5.41) is 2.89. The highest BCUT2D eigenvalue weighted by atomic mass is 16.5. The number of hydrogen-bond acceptors (Lipinski definition) is 3. The van der Waals surface area contributed by atoms with Crippen LogP contribution in [0.2, 0.25) is 0 Å². The van der Waals surface area contributed by atoms with Gasteiger partial charge in [-0.05, 0) is 50.6 Å². The Hall–Kier alpha value is -1.55. The van der Waals surface area contributed by atoms with Gasteiger partial charge in [-0.1, -0.05) is 6.42 Å². The Bertz CT molecular complexity index is 349. The smallest absolute Gasteiger partial charge is 0.251 e. The predicted octanol–water partition coefficient (Wildman–Crippen LogP) is 1.94. The highest BCUT2D eigenvalue weighted by Crippen LogP contribution is 2.11. The van der Waals surface area contributed by atoms with Crippen molar-refractivity contribution >= 4 is 5.91 Å². The lowest BCUT2D eigenvalue weighted by Crippen LogP contribution is -2.24. The van der Waals surface area contributed by atoms with Crippen molar-refractivity contribution in [2.75, 3.05) is 19.7 Å². The average Bonchev–Trinajstić information content (AvgIpc) is 2.39. The third kappa shape index (κ3) is 5.19. The quantitative estimate of drug-likeness (QED) is 0.693. The van der Waals surface area contributed by atoms with Gasteiger partial charge in [-0.2, -0.15) is 0 Å². The Kier molecular flexibility index (Phi) is 6.87. The topological polar surface area (TPSA) is 64.3 Å². The standard InChI is InChI=1S/C14H22N2O2/c1-2-18-13-8-6-12(7-9-13)14(17)16-11-5-3-4-10-15/h6-9H,2-5,10-11,15H2,1H3,(H,16,17). The van der Waals surface area contributed by atoms with Gasteiger partial charge in [0.05, 0.1) is 6.61 Å². The molecule has 1 aromatic carbocycles. The van der Waals surface area contributed by atoms with Crippen molar-refractivity contribution in [1.29, 1.82) is 0 Å². The molecule has 4 heteroatoms. The normalized spacial score (nSPS) is 10.1. The van der Waals surface area contributed by atoms with Crippen LogP contribution in [0.5, 0.6) is 5.75 Å². The Balaban J connectivity index is 2.32. The van der Waals surface area contributed by atoms with Crippen molar-refractivity contribution in [3.63, 3.8) is 0 Å². The first-order valence-electron chi connectivity index (χ1n) is 6.49. The molecule has 100 valence electrons. The van der Waals surface area contributed by atoms with E-state index in [1.807, 2.05) is 19.1 Å². The summed E-state index contributed by atoms with van der Waals surface area (Å²) in [5.41, 5.74) is 6.07. The number of nitrogens with two attached hydrogens (primary N) is 1. The number of amides is 1. The van der Waals surface area contributed by atoms with E-state index in [4.69, 9.17) is 10.5 Å². The number of nitrogens with one attached hydrogen (secondary N) is 1. The molecule has 4 nitrogen and oxygen atoms in total. The third-order valence-electron chi connectivity index (χ3n) is 2.59. The Morgan fingerprint density at radius 1 is 1.22 bits per heavy atom. The fourth-order valence-electron chi connectivity index (χ4n) is 1.62. The molecule has 0 atom stereocenters. The molecular formula is C14H22N2O2. The summed E-state index contributed by atoms with van der Waals surface area (Å²) >= 11 is 0. The lowest BCUT2D eigenvalue weighted by atomic mass is 10.2. The van der Waals surface area contributed by atoms with Crippen LogP contribution < -0.4 is 15.8 Å². The molecule has 1 rings (SSSR count). The van der Waals surface area contributed by atoms with E-state index < -0.39 is 0 Å². The van der Waals surface area contributed by atoms with Crippen LogP contribution in [0.3, 0.4) is 0 Å². The second-order valence-electron chi connectivity index (χ2n) is 4.06. The molecule has 0 aliphatic rings. The van der Waals surface area contributed by atoms with Crippen LogP contribution in [-0.4, -0.2) is 25.6 Å². The number of hydrogen-bond donors (Lipinski definition) is 2. The fraction of sp³-hybridized carbons (Fsp3) is 0.500. The number of ether oxygens (including phenoxy) is 1. The zero-order chi connectivity index (χ0) is 13.2. The van der Waals surface area contributed by atoms with E-state index in [2.05, 4.69) is 5.32 Å². The molecule has 1 amide bonds. The van der Waals surface area contributed by atoms with Gasteiger partial charge in [-0.15, -0.1) is 0 Å². The van der Waals surface area contributed by atoms with E-state index in [0.29, 0.717) is 25.3 Å². The summed E-state index contributed by atoms with van der Waals surface area (Å²) < 4.78 is 5.32. The van der Waals surface area contributed by atoms with Crippen LogP contribution in [0.15, 0.2) is 24.3 Å². The maximum atomic E-state index is 11.8. The van der Waals surface area contributed by atoms with Gasteiger partial charge in [0.1, 0.15) is 5.75 Å². The number of unbranched alkanes of at least 4 members (excludes halogenated alkanes) is 2. The number of carbonyl (C=O) groups is 1. The highest BCUT2D eigenvalue weighted by molar-refractivity contribution is 5.94. The van der Waals surface area contributed by atoms with Crippen LogP contribution >= 0.6 is 0 Å². The molecule has 0 saturated heterocycles. The lowest BCUT2D eigenvalue weighted by Gasteiger charge is -2.06. The van der Waals surface area contributed by atoms with Crippen molar-refractivity contribution in [2.24, 2.45) is 5.73 Å². The minimum Gasteiger partial charge on any atom is -0.494 e. The molecule has 0 unspecified atom stereocenters. The molecule has 1 aromatic rings. The Labute approximate surface area is 109 Å². The van der Waals surface area contributed by atoms with E-state index in [1.165, 1.54) is 0 Å². The van der Waals surface area contributed by atoms with Gasteiger partial charge in [0.15, 0.2) is 0 Å². The van der Waals surface area contributed by atoms with Gasteiger partial charge < -0.3 is 15.8 Å². The minimum atomic E-state index is -0.0363. The summed E-state index contributed by atoms with van der Waals surface area (Å²) in [6.45, 7) is 3.98. The lowest BCUT2D eigenvalue weighted by molar-refractivity contribution is 0.0953. The monoisotopic (exact) mass is 250 g/mol. The van der Waals surface area contributed by atoms with Crippen LogP contribution in [0.4, 0.5) is 0 Å². The van der Waals surface area contributed by atoms with Gasteiger partial charge in [0.25, 0.3) is 5.91 Å². The highest BCUT2D eigenvalue weighted by Gasteiger charge is 2.04. The van der Waals surface area contributed by atoms with Gasteiger partial charge in [0, 0.05) is 12.1 Å². The maximum Gasteiger partial charge on any atom is 0.251 e. The first-order valence-corrected chi connectivity index (χ1v) is 6.49. The molecule has 0 heterocycles.